The van der Waals surface area contributed by atoms with Crippen molar-refractivity contribution in [3.63, 3.8) is 0 Å². The Kier molecular flexibility index (Phi) is 2.28. The first-order chi connectivity index (χ1) is 6.27. The molecular weight excluding hydrogens is 250 g/mol. The van der Waals surface area contributed by atoms with Gasteiger partial charge in [-0.2, -0.15) is 0 Å². The predicted molar refractivity (Wildman–Crippen MR) is 57.5 cm³/mol. The summed E-state index contributed by atoms with van der Waals surface area (Å²) in [6, 6.07) is 5.59. The number of nitrogens with zero attached hydrogens (tertiary/aromatic N) is 2. The fraction of sp³-hybridized carbons (Fsp3) is 0. The van der Waals surface area contributed by atoms with Crippen molar-refractivity contribution in [2.24, 2.45) is 0 Å². The molecule has 0 fully saturated rings. The Morgan fingerprint density at radius 1 is 1.23 bits per heavy atom. The van der Waals surface area contributed by atoms with E-state index in [9.17, 15) is 0 Å². The van der Waals surface area contributed by atoms with Crippen LogP contribution in [0.4, 0.5) is 5.82 Å². The minimum atomic E-state index is 0.441. The molecule has 2 heterocycles. The van der Waals surface area contributed by atoms with Crippen LogP contribution in [0.3, 0.4) is 0 Å². The summed E-state index contributed by atoms with van der Waals surface area (Å²) < 4.78 is 1.04. The Labute approximate surface area is 87.7 Å². The molecule has 13 heavy (non-hydrogen) atoms. The van der Waals surface area contributed by atoms with Crippen LogP contribution in [0.15, 0.2) is 28.1 Å². The number of rotatable bonds is 1. The van der Waals surface area contributed by atoms with E-state index in [1.54, 1.807) is 17.4 Å². The summed E-state index contributed by atoms with van der Waals surface area (Å²) in [5, 5.41) is 9.77. The molecule has 2 N–H and O–H groups in total. The molecule has 0 aliphatic carbocycles. The van der Waals surface area contributed by atoms with Crippen LogP contribution in [0, 0.1) is 0 Å². The first-order valence-corrected chi connectivity index (χ1v) is 5.27. The molecule has 0 unspecified atom stereocenters. The highest BCUT2D eigenvalue weighted by Gasteiger charge is 2.05. The van der Waals surface area contributed by atoms with E-state index < -0.39 is 0 Å². The summed E-state index contributed by atoms with van der Waals surface area (Å²) in [4.78, 5) is 1.08. The number of nitrogen functional groups attached to an aromatic ring is 1. The molecule has 0 saturated heterocycles. The van der Waals surface area contributed by atoms with Crippen LogP contribution in [-0.2, 0) is 0 Å². The van der Waals surface area contributed by atoms with Gasteiger partial charge < -0.3 is 5.73 Å². The zero-order valence-electron chi connectivity index (χ0n) is 6.57. The quantitative estimate of drug-likeness (QED) is 0.853. The summed E-state index contributed by atoms with van der Waals surface area (Å²) in [5.41, 5.74) is 6.28. The molecule has 0 bridgehead atoms. The molecule has 0 atom stereocenters. The third kappa shape index (κ3) is 1.71. The van der Waals surface area contributed by atoms with E-state index in [2.05, 4.69) is 26.1 Å². The number of thiophene rings is 1. The number of nitrogens with two attached hydrogens (primary N) is 1. The molecular formula is C8H6BrN3S. The van der Waals surface area contributed by atoms with Crippen molar-refractivity contribution in [1.82, 2.24) is 10.2 Å². The minimum Gasteiger partial charge on any atom is -0.382 e. The second-order valence-corrected chi connectivity index (χ2v) is 4.21. The standard InChI is InChI=1S/C8H6BrN3S/c9-5-3-4-13-8(5)6-1-2-7(10)12-11-6/h1-4H,(H2,10,12). The predicted octanol–water partition coefficient (Wildman–Crippen LogP) is 2.55. The second-order valence-electron chi connectivity index (χ2n) is 2.44. The van der Waals surface area contributed by atoms with Gasteiger partial charge in [0, 0.05) is 4.47 Å². The molecule has 0 aliphatic heterocycles. The zero-order chi connectivity index (χ0) is 9.26. The van der Waals surface area contributed by atoms with E-state index in [1.807, 2.05) is 17.5 Å². The molecule has 5 heteroatoms. The molecule has 0 saturated carbocycles. The Morgan fingerprint density at radius 3 is 2.62 bits per heavy atom. The van der Waals surface area contributed by atoms with Gasteiger partial charge >= 0.3 is 0 Å². The van der Waals surface area contributed by atoms with Gasteiger partial charge in [-0.1, -0.05) is 0 Å². The fourth-order valence-electron chi connectivity index (χ4n) is 0.940. The van der Waals surface area contributed by atoms with Crippen molar-refractivity contribution in [1.29, 1.82) is 0 Å². The largest absolute Gasteiger partial charge is 0.382 e. The first kappa shape index (κ1) is 8.65. The summed E-state index contributed by atoms with van der Waals surface area (Å²) in [5.74, 6) is 0.441. The van der Waals surface area contributed by atoms with Crippen LogP contribution in [-0.4, -0.2) is 10.2 Å². The number of halogens is 1. The monoisotopic (exact) mass is 255 g/mol. The van der Waals surface area contributed by atoms with Crippen molar-refractivity contribution < 1.29 is 0 Å². The Bertz CT molecular complexity index is 410. The molecule has 66 valence electrons. The molecule has 0 aromatic carbocycles. The average molecular weight is 256 g/mol. The van der Waals surface area contributed by atoms with Crippen LogP contribution in [0.2, 0.25) is 0 Å². The van der Waals surface area contributed by atoms with Gasteiger partial charge in [0.05, 0.1) is 4.88 Å². The van der Waals surface area contributed by atoms with Crippen molar-refractivity contribution in [2.45, 2.75) is 0 Å². The second kappa shape index (κ2) is 3.43. The van der Waals surface area contributed by atoms with Crippen LogP contribution in [0.25, 0.3) is 10.6 Å². The maximum Gasteiger partial charge on any atom is 0.146 e. The van der Waals surface area contributed by atoms with Crippen LogP contribution in [0.5, 0.6) is 0 Å². The number of aromatic nitrogens is 2. The van der Waals surface area contributed by atoms with E-state index in [4.69, 9.17) is 5.73 Å². The minimum absolute atomic E-state index is 0.441. The first-order valence-electron chi connectivity index (χ1n) is 3.60. The lowest BCUT2D eigenvalue weighted by molar-refractivity contribution is 1.05. The molecule has 2 aromatic heterocycles. The lowest BCUT2D eigenvalue weighted by Gasteiger charge is -1.96. The van der Waals surface area contributed by atoms with Gasteiger partial charge in [0.25, 0.3) is 0 Å². The highest BCUT2D eigenvalue weighted by atomic mass is 79.9. The van der Waals surface area contributed by atoms with Crippen LogP contribution < -0.4 is 5.73 Å². The van der Waals surface area contributed by atoms with Gasteiger partial charge in [-0.25, -0.2) is 0 Å². The highest BCUT2D eigenvalue weighted by Crippen LogP contribution is 2.31. The van der Waals surface area contributed by atoms with Gasteiger partial charge in [0.15, 0.2) is 0 Å². The normalized spacial score (nSPS) is 10.2. The molecule has 2 rings (SSSR count). The average Bonchev–Trinajstić information content (AvgIpc) is 2.53. The summed E-state index contributed by atoms with van der Waals surface area (Å²) in [6.07, 6.45) is 0. The number of hydrogen-bond acceptors (Lipinski definition) is 4. The SMILES string of the molecule is Nc1ccc(-c2sccc2Br)nn1. The van der Waals surface area contributed by atoms with Gasteiger partial charge in [-0.3, -0.25) is 0 Å². The maximum absolute atomic E-state index is 5.44. The number of hydrogen-bond donors (Lipinski definition) is 1. The summed E-state index contributed by atoms with van der Waals surface area (Å²) >= 11 is 5.05. The maximum atomic E-state index is 5.44. The smallest absolute Gasteiger partial charge is 0.146 e. The molecule has 3 nitrogen and oxygen atoms in total. The molecule has 0 amide bonds. The Morgan fingerprint density at radius 2 is 2.08 bits per heavy atom. The van der Waals surface area contributed by atoms with Crippen molar-refractivity contribution in [3.05, 3.63) is 28.1 Å². The van der Waals surface area contributed by atoms with Gasteiger partial charge in [0.1, 0.15) is 11.5 Å². The fourth-order valence-corrected chi connectivity index (χ4v) is 2.48. The molecule has 2 aromatic rings. The highest BCUT2D eigenvalue weighted by molar-refractivity contribution is 9.10. The van der Waals surface area contributed by atoms with Crippen LogP contribution in [0.1, 0.15) is 0 Å². The Hall–Kier alpha value is -0.940. The third-order valence-electron chi connectivity index (χ3n) is 1.53. The lowest BCUT2D eigenvalue weighted by atomic mass is 10.3. The molecule has 0 aliphatic rings. The summed E-state index contributed by atoms with van der Waals surface area (Å²) in [7, 11) is 0. The molecule has 0 spiro atoms. The van der Waals surface area contributed by atoms with Crippen LogP contribution >= 0.6 is 27.3 Å². The van der Waals surface area contributed by atoms with E-state index in [-0.39, 0.29) is 0 Å². The third-order valence-corrected chi connectivity index (χ3v) is 3.40. The van der Waals surface area contributed by atoms with E-state index in [0.29, 0.717) is 5.82 Å². The van der Waals surface area contributed by atoms with E-state index >= 15 is 0 Å². The zero-order valence-corrected chi connectivity index (χ0v) is 8.97. The summed E-state index contributed by atoms with van der Waals surface area (Å²) in [6.45, 7) is 0. The van der Waals surface area contributed by atoms with Crippen molar-refractivity contribution >= 4 is 33.1 Å². The van der Waals surface area contributed by atoms with E-state index in [0.717, 1.165) is 15.0 Å². The van der Waals surface area contributed by atoms with Gasteiger partial charge in [0.2, 0.25) is 0 Å². The lowest BCUT2D eigenvalue weighted by Crippen LogP contribution is -1.92. The van der Waals surface area contributed by atoms with Gasteiger partial charge in [-0.15, -0.1) is 21.5 Å². The van der Waals surface area contributed by atoms with Crippen molar-refractivity contribution in [3.8, 4) is 10.6 Å². The number of anilines is 1. The Balaban J connectivity index is 2.47. The van der Waals surface area contributed by atoms with E-state index in [1.165, 1.54) is 0 Å². The van der Waals surface area contributed by atoms with Crippen molar-refractivity contribution in [2.75, 3.05) is 5.73 Å². The molecule has 0 radical (unpaired) electrons. The topological polar surface area (TPSA) is 51.8 Å². The van der Waals surface area contributed by atoms with Gasteiger partial charge in [-0.05, 0) is 39.5 Å².